The predicted molar refractivity (Wildman–Crippen MR) is 53.3 cm³/mol. The van der Waals surface area contributed by atoms with E-state index in [2.05, 4.69) is 5.32 Å². The van der Waals surface area contributed by atoms with Crippen LogP contribution in [0.15, 0.2) is 0 Å². The summed E-state index contributed by atoms with van der Waals surface area (Å²) < 4.78 is 0. The lowest BCUT2D eigenvalue weighted by Gasteiger charge is -2.25. The molecule has 0 saturated heterocycles. The highest BCUT2D eigenvalue weighted by Gasteiger charge is 2.21. The molecule has 78 valence electrons. The Balaban J connectivity index is 4.19. The first kappa shape index (κ1) is 12.4. The van der Waals surface area contributed by atoms with Gasteiger partial charge in [0, 0.05) is 5.92 Å². The maximum atomic E-state index is 11.3. The number of carbonyl (C=O) groups is 1. The number of rotatable bonds is 4. The van der Waals surface area contributed by atoms with Crippen LogP contribution in [-0.4, -0.2) is 23.2 Å². The molecule has 3 nitrogen and oxygen atoms in total. The molecule has 0 bridgehead atoms. The summed E-state index contributed by atoms with van der Waals surface area (Å²) in [5.41, 5.74) is 0. The maximum Gasteiger partial charge on any atom is 0.222 e. The summed E-state index contributed by atoms with van der Waals surface area (Å²) in [7, 11) is 0. The minimum Gasteiger partial charge on any atom is -0.391 e. The first-order chi connectivity index (χ1) is 5.86. The van der Waals surface area contributed by atoms with Crippen molar-refractivity contribution in [1.82, 2.24) is 5.32 Å². The van der Waals surface area contributed by atoms with E-state index in [0.717, 1.165) is 0 Å². The number of aliphatic hydroxyl groups is 1. The van der Waals surface area contributed by atoms with Crippen molar-refractivity contribution >= 4 is 5.91 Å². The Morgan fingerprint density at radius 3 is 1.85 bits per heavy atom. The van der Waals surface area contributed by atoms with E-state index >= 15 is 0 Å². The van der Waals surface area contributed by atoms with E-state index in [1.807, 2.05) is 27.7 Å². The molecule has 0 fully saturated rings. The van der Waals surface area contributed by atoms with E-state index in [1.54, 1.807) is 6.92 Å². The molecule has 3 heteroatoms. The van der Waals surface area contributed by atoms with Crippen LogP contribution in [0, 0.1) is 11.8 Å². The van der Waals surface area contributed by atoms with E-state index in [9.17, 15) is 9.90 Å². The lowest BCUT2D eigenvalue weighted by molar-refractivity contribution is -0.126. The fraction of sp³-hybridized carbons (Fsp3) is 0.900. The number of aliphatic hydroxyl groups excluding tert-OH is 1. The van der Waals surface area contributed by atoms with Gasteiger partial charge < -0.3 is 10.4 Å². The zero-order valence-electron chi connectivity index (χ0n) is 9.16. The van der Waals surface area contributed by atoms with E-state index in [1.165, 1.54) is 0 Å². The van der Waals surface area contributed by atoms with Crippen LogP contribution < -0.4 is 5.32 Å². The highest BCUT2D eigenvalue weighted by molar-refractivity contribution is 5.78. The molecule has 0 aromatic heterocycles. The van der Waals surface area contributed by atoms with Crippen molar-refractivity contribution in [3.05, 3.63) is 0 Å². The summed E-state index contributed by atoms with van der Waals surface area (Å²) in [6.07, 6.45) is -0.498. The molecule has 0 aromatic carbocycles. The SMILES string of the molecule is CC(C)C(=O)N[C@@H](C(C)C)[C@@H](C)O. The van der Waals surface area contributed by atoms with E-state index < -0.39 is 6.10 Å². The van der Waals surface area contributed by atoms with Crippen LogP contribution >= 0.6 is 0 Å². The van der Waals surface area contributed by atoms with Crippen molar-refractivity contribution in [2.24, 2.45) is 11.8 Å². The van der Waals surface area contributed by atoms with Crippen molar-refractivity contribution in [2.75, 3.05) is 0 Å². The Labute approximate surface area is 80.5 Å². The summed E-state index contributed by atoms with van der Waals surface area (Å²) >= 11 is 0. The number of amides is 1. The van der Waals surface area contributed by atoms with Gasteiger partial charge in [-0.05, 0) is 12.8 Å². The lowest BCUT2D eigenvalue weighted by Crippen LogP contribution is -2.46. The summed E-state index contributed by atoms with van der Waals surface area (Å²) in [4.78, 5) is 11.3. The van der Waals surface area contributed by atoms with Gasteiger partial charge in [-0.25, -0.2) is 0 Å². The summed E-state index contributed by atoms with van der Waals surface area (Å²) in [5, 5.41) is 12.2. The van der Waals surface area contributed by atoms with Gasteiger partial charge in [0.25, 0.3) is 0 Å². The van der Waals surface area contributed by atoms with Crippen LogP contribution in [-0.2, 0) is 4.79 Å². The Morgan fingerprint density at radius 1 is 1.15 bits per heavy atom. The van der Waals surface area contributed by atoms with Crippen molar-refractivity contribution in [3.63, 3.8) is 0 Å². The van der Waals surface area contributed by atoms with Crippen LogP contribution in [0.3, 0.4) is 0 Å². The van der Waals surface area contributed by atoms with Crippen molar-refractivity contribution in [3.8, 4) is 0 Å². The fourth-order valence-electron chi connectivity index (χ4n) is 1.18. The van der Waals surface area contributed by atoms with Gasteiger partial charge in [-0.2, -0.15) is 0 Å². The first-order valence-electron chi connectivity index (χ1n) is 4.84. The van der Waals surface area contributed by atoms with E-state index in [0.29, 0.717) is 0 Å². The second-order valence-corrected chi connectivity index (χ2v) is 4.17. The molecule has 0 aliphatic carbocycles. The normalized spacial score (nSPS) is 16.0. The highest BCUT2D eigenvalue weighted by Crippen LogP contribution is 2.07. The number of nitrogens with one attached hydrogen (secondary N) is 1. The van der Waals surface area contributed by atoms with E-state index in [-0.39, 0.29) is 23.8 Å². The van der Waals surface area contributed by atoms with Gasteiger partial charge in [0.1, 0.15) is 0 Å². The summed E-state index contributed by atoms with van der Waals surface area (Å²) in [5.74, 6) is 0.224. The van der Waals surface area contributed by atoms with Crippen molar-refractivity contribution in [1.29, 1.82) is 0 Å². The van der Waals surface area contributed by atoms with Gasteiger partial charge in [0.05, 0.1) is 12.1 Å². The summed E-state index contributed by atoms with van der Waals surface area (Å²) in [6.45, 7) is 9.35. The molecule has 2 N–H and O–H groups in total. The van der Waals surface area contributed by atoms with Crippen LogP contribution in [0.25, 0.3) is 0 Å². The molecule has 0 aliphatic heterocycles. The van der Waals surface area contributed by atoms with Gasteiger partial charge in [0.2, 0.25) is 5.91 Å². The van der Waals surface area contributed by atoms with E-state index in [4.69, 9.17) is 0 Å². The minimum absolute atomic E-state index is 0.000370. The van der Waals surface area contributed by atoms with Crippen LogP contribution in [0.5, 0.6) is 0 Å². The fourth-order valence-corrected chi connectivity index (χ4v) is 1.18. The Kier molecular flexibility index (Phi) is 4.99. The lowest BCUT2D eigenvalue weighted by atomic mass is 9.99. The number of hydrogen-bond donors (Lipinski definition) is 2. The van der Waals surface area contributed by atoms with Gasteiger partial charge in [-0.1, -0.05) is 27.7 Å². The highest BCUT2D eigenvalue weighted by atomic mass is 16.3. The molecule has 0 heterocycles. The molecule has 0 saturated carbocycles. The van der Waals surface area contributed by atoms with Gasteiger partial charge in [-0.3, -0.25) is 4.79 Å². The molecule has 0 aliphatic rings. The van der Waals surface area contributed by atoms with Crippen LogP contribution in [0.1, 0.15) is 34.6 Å². The third kappa shape index (κ3) is 4.27. The molecule has 2 atom stereocenters. The molecular formula is C10H21NO2. The molecule has 13 heavy (non-hydrogen) atoms. The van der Waals surface area contributed by atoms with Crippen molar-refractivity contribution < 1.29 is 9.90 Å². The van der Waals surface area contributed by atoms with Gasteiger partial charge in [-0.15, -0.1) is 0 Å². The third-order valence-electron chi connectivity index (χ3n) is 2.07. The molecule has 0 unspecified atom stereocenters. The maximum absolute atomic E-state index is 11.3. The quantitative estimate of drug-likeness (QED) is 0.694. The number of hydrogen-bond acceptors (Lipinski definition) is 2. The van der Waals surface area contributed by atoms with Crippen LogP contribution in [0.4, 0.5) is 0 Å². The zero-order valence-corrected chi connectivity index (χ0v) is 9.16. The molecular weight excluding hydrogens is 166 g/mol. The average Bonchev–Trinajstić information content (AvgIpc) is 1.97. The van der Waals surface area contributed by atoms with Gasteiger partial charge >= 0.3 is 0 Å². The average molecular weight is 187 g/mol. The minimum atomic E-state index is -0.498. The monoisotopic (exact) mass is 187 g/mol. The standard InChI is InChI=1S/C10H21NO2/c1-6(2)9(8(5)12)11-10(13)7(3)4/h6-9,12H,1-5H3,(H,11,13)/t8-,9+/m1/s1. The molecule has 0 aromatic rings. The Bertz CT molecular complexity index is 156. The zero-order chi connectivity index (χ0) is 10.6. The largest absolute Gasteiger partial charge is 0.391 e. The Hall–Kier alpha value is -0.570. The molecule has 0 radical (unpaired) electrons. The predicted octanol–water partition coefficient (Wildman–Crippen LogP) is 1.16. The van der Waals surface area contributed by atoms with Crippen LogP contribution in [0.2, 0.25) is 0 Å². The third-order valence-corrected chi connectivity index (χ3v) is 2.07. The molecule has 1 amide bonds. The molecule has 0 rings (SSSR count). The van der Waals surface area contributed by atoms with Gasteiger partial charge in [0.15, 0.2) is 0 Å². The topological polar surface area (TPSA) is 49.3 Å². The molecule has 0 spiro atoms. The second-order valence-electron chi connectivity index (χ2n) is 4.17. The van der Waals surface area contributed by atoms with Crippen molar-refractivity contribution in [2.45, 2.75) is 46.8 Å². The summed E-state index contributed by atoms with van der Waals surface area (Å²) in [6, 6.07) is -0.144. The smallest absolute Gasteiger partial charge is 0.222 e. The number of carbonyl (C=O) groups excluding carboxylic acids is 1. The Morgan fingerprint density at radius 2 is 1.62 bits per heavy atom. The second kappa shape index (κ2) is 5.22. The first-order valence-corrected chi connectivity index (χ1v) is 4.84.